The summed E-state index contributed by atoms with van der Waals surface area (Å²) in [5, 5.41) is 20.9. The van der Waals surface area contributed by atoms with Crippen LogP contribution in [0.25, 0.3) is 0 Å². The van der Waals surface area contributed by atoms with Gasteiger partial charge in [0.25, 0.3) is 0 Å². The lowest BCUT2D eigenvalue weighted by molar-refractivity contribution is -0.356. The van der Waals surface area contributed by atoms with Gasteiger partial charge in [0, 0.05) is 19.3 Å². The number of hydrogen-bond donors (Lipinski definition) is 2. The van der Waals surface area contributed by atoms with Crippen LogP contribution in [0.15, 0.2) is 0 Å². The summed E-state index contributed by atoms with van der Waals surface area (Å²) in [5.74, 6) is -5.36. The first kappa shape index (κ1) is 21.0. The van der Waals surface area contributed by atoms with E-state index in [-0.39, 0.29) is 24.7 Å². The number of alkyl halides is 2. The molecule has 5 heteroatoms. The summed E-state index contributed by atoms with van der Waals surface area (Å²) in [7, 11) is 0. The summed E-state index contributed by atoms with van der Waals surface area (Å²) in [4.78, 5) is 0. The maximum absolute atomic E-state index is 14.4. The number of hydrogen-bond acceptors (Lipinski definition) is 3. The van der Waals surface area contributed by atoms with E-state index < -0.39 is 23.9 Å². The Morgan fingerprint density at radius 2 is 1.76 bits per heavy atom. The number of aliphatic hydroxyl groups excluding tert-OH is 1. The molecule has 1 saturated carbocycles. The van der Waals surface area contributed by atoms with Gasteiger partial charge in [-0.25, -0.2) is 8.78 Å². The van der Waals surface area contributed by atoms with Crippen molar-refractivity contribution < 1.29 is 23.7 Å². The Morgan fingerprint density at radius 1 is 1.08 bits per heavy atom. The molecule has 2 rings (SSSR count). The minimum atomic E-state index is -3.23. The Bertz CT molecular complexity index is 404. The summed E-state index contributed by atoms with van der Waals surface area (Å²) in [5.41, 5.74) is 0. The van der Waals surface area contributed by atoms with E-state index in [2.05, 4.69) is 6.92 Å². The van der Waals surface area contributed by atoms with Crippen LogP contribution in [-0.2, 0) is 4.74 Å². The van der Waals surface area contributed by atoms with Gasteiger partial charge in [0.2, 0.25) is 5.79 Å². The average molecular weight is 363 g/mol. The molecule has 1 heterocycles. The Kier molecular flexibility index (Phi) is 7.66. The second kappa shape index (κ2) is 9.09. The normalized spacial score (nSPS) is 35.8. The van der Waals surface area contributed by atoms with Gasteiger partial charge in [-0.1, -0.05) is 52.4 Å². The highest BCUT2D eigenvalue weighted by Crippen LogP contribution is 2.50. The zero-order valence-corrected chi connectivity index (χ0v) is 15.9. The lowest BCUT2D eigenvalue weighted by Crippen LogP contribution is -2.55. The maximum atomic E-state index is 14.4. The van der Waals surface area contributed by atoms with E-state index in [0.717, 1.165) is 19.3 Å². The summed E-state index contributed by atoms with van der Waals surface area (Å²) in [6.45, 7) is 4.04. The monoisotopic (exact) mass is 362 g/mol. The standard InChI is InChI=1S/C20H36F2O3/c1-3-5-7-8-9-10-15-16-11-13-20(24,19(21,22)12-6-4-2)25-18(16)14-17(15)23/h15-18,23-24H,3-14H2,1-2H3/t15?,16-,17+,18-,20?/m1/s1. The summed E-state index contributed by atoms with van der Waals surface area (Å²) < 4.78 is 34.4. The van der Waals surface area contributed by atoms with Gasteiger partial charge >= 0.3 is 5.92 Å². The third-order valence-electron chi connectivity index (χ3n) is 6.22. The Hall–Kier alpha value is -0.260. The van der Waals surface area contributed by atoms with Crippen LogP contribution in [-0.4, -0.2) is 34.1 Å². The van der Waals surface area contributed by atoms with Gasteiger partial charge in [-0.2, -0.15) is 0 Å². The first-order chi connectivity index (χ1) is 11.8. The van der Waals surface area contributed by atoms with Crippen molar-refractivity contribution >= 4 is 0 Å². The number of fused-ring (bicyclic) bond motifs is 1. The molecule has 0 aromatic heterocycles. The van der Waals surface area contributed by atoms with Crippen molar-refractivity contribution in [2.45, 2.75) is 115 Å². The lowest BCUT2D eigenvalue weighted by atomic mass is 9.81. The van der Waals surface area contributed by atoms with E-state index in [1.54, 1.807) is 0 Å². The second-order valence-electron chi connectivity index (χ2n) is 8.12. The fourth-order valence-electron chi connectivity index (χ4n) is 4.61. The van der Waals surface area contributed by atoms with Crippen LogP contribution in [0, 0.1) is 11.8 Å². The van der Waals surface area contributed by atoms with Crippen LogP contribution in [0.3, 0.4) is 0 Å². The smallest absolute Gasteiger partial charge is 0.300 e. The average Bonchev–Trinajstić information content (AvgIpc) is 2.87. The molecule has 0 aromatic rings. The molecule has 0 aromatic carbocycles. The van der Waals surface area contributed by atoms with Gasteiger partial charge in [-0.05, 0) is 31.1 Å². The fourth-order valence-corrected chi connectivity index (χ4v) is 4.61. The van der Waals surface area contributed by atoms with Crippen LogP contribution < -0.4 is 0 Å². The Labute approximate surface area is 151 Å². The van der Waals surface area contributed by atoms with Crippen molar-refractivity contribution in [2.75, 3.05) is 0 Å². The molecule has 3 nitrogen and oxygen atoms in total. The molecule has 1 aliphatic carbocycles. The number of halogens is 2. The van der Waals surface area contributed by atoms with Crippen LogP contribution in [0.2, 0.25) is 0 Å². The molecular formula is C20H36F2O3. The molecule has 0 amide bonds. The van der Waals surface area contributed by atoms with Crippen molar-refractivity contribution in [3.05, 3.63) is 0 Å². The molecular weight excluding hydrogens is 326 g/mol. The van der Waals surface area contributed by atoms with Gasteiger partial charge in [0.1, 0.15) is 0 Å². The van der Waals surface area contributed by atoms with Crippen LogP contribution in [0.4, 0.5) is 8.78 Å². The lowest BCUT2D eigenvalue weighted by Gasteiger charge is -2.44. The van der Waals surface area contributed by atoms with E-state index in [4.69, 9.17) is 4.74 Å². The van der Waals surface area contributed by atoms with Crippen molar-refractivity contribution in [1.29, 1.82) is 0 Å². The van der Waals surface area contributed by atoms with Crippen molar-refractivity contribution in [3.63, 3.8) is 0 Å². The van der Waals surface area contributed by atoms with Gasteiger partial charge < -0.3 is 14.9 Å². The molecule has 0 radical (unpaired) electrons. The topological polar surface area (TPSA) is 49.7 Å². The van der Waals surface area contributed by atoms with Crippen LogP contribution >= 0.6 is 0 Å². The maximum Gasteiger partial charge on any atom is 0.300 e. The molecule has 148 valence electrons. The third-order valence-corrected chi connectivity index (χ3v) is 6.22. The molecule has 2 N–H and O–H groups in total. The third kappa shape index (κ3) is 4.92. The summed E-state index contributed by atoms with van der Waals surface area (Å²) >= 11 is 0. The second-order valence-corrected chi connectivity index (χ2v) is 8.12. The molecule has 1 saturated heterocycles. The molecule has 5 atom stereocenters. The highest BCUT2D eigenvalue weighted by atomic mass is 19.3. The van der Waals surface area contributed by atoms with E-state index in [9.17, 15) is 19.0 Å². The minimum absolute atomic E-state index is 0.0378. The van der Waals surface area contributed by atoms with Gasteiger partial charge in [-0.3, -0.25) is 0 Å². The Morgan fingerprint density at radius 3 is 2.44 bits per heavy atom. The predicted octanol–water partition coefficient (Wildman–Crippen LogP) is 5.04. The highest BCUT2D eigenvalue weighted by molar-refractivity contribution is 4.99. The largest absolute Gasteiger partial charge is 0.393 e. The molecule has 0 spiro atoms. The molecule has 2 fully saturated rings. The van der Waals surface area contributed by atoms with Gasteiger partial charge in [-0.15, -0.1) is 0 Å². The first-order valence-corrected chi connectivity index (χ1v) is 10.3. The quantitative estimate of drug-likeness (QED) is 0.536. The van der Waals surface area contributed by atoms with E-state index in [1.165, 1.54) is 19.3 Å². The summed E-state index contributed by atoms with van der Waals surface area (Å²) in [6.07, 6.45) is 7.42. The predicted molar refractivity (Wildman–Crippen MR) is 94.5 cm³/mol. The molecule has 1 aliphatic heterocycles. The van der Waals surface area contributed by atoms with Crippen molar-refractivity contribution in [1.82, 2.24) is 0 Å². The summed E-state index contributed by atoms with van der Waals surface area (Å²) in [6, 6.07) is 0. The van der Waals surface area contributed by atoms with E-state index >= 15 is 0 Å². The molecule has 2 unspecified atom stereocenters. The zero-order valence-electron chi connectivity index (χ0n) is 15.9. The molecule has 25 heavy (non-hydrogen) atoms. The van der Waals surface area contributed by atoms with Crippen molar-refractivity contribution in [2.24, 2.45) is 11.8 Å². The van der Waals surface area contributed by atoms with Gasteiger partial charge in [0.05, 0.1) is 12.2 Å². The molecule has 2 aliphatic rings. The SMILES string of the molecule is CCCCCCCC1[C@H]2CCC(O)(C(F)(F)CCCC)O[C@@H]2C[C@@H]1O. The fraction of sp³-hybridized carbons (Fsp3) is 1.00. The Balaban J connectivity index is 1.90. The van der Waals surface area contributed by atoms with E-state index in [1.807, 2.05) is 6.92 Å². The minimum Gasteiger partial charge on any atom is -0.393 e. The van der Waals surface area contributed by atoms with Gasteiger partial charge in [0.15, 0.2) is 0 Å². The number of aliphatic hydroxyl groups is 2. The number of ether oxygens (including phenoxy) is 1. The highest BCUT2D eigenvalue weighted by Gasteiger charge is 2.59. The first-order valence-electron chi connectivity index (χ1n) is 10.3. The zero-order chi connectivity index (χ0) is 18.5. The van der Waals surface area contributed by atoms with E-state index in [0.29, 0.717) is 25.7 Å². The van der Waals surface area contributed by atoms with Crippen LogP contribution in [0.1, 0.15) is 90.9 Å². The van der Waals surface area contributed by atoms with Crippen LogP contribution in [0.5, 0.6) is 0 Å². The van der Waals surface area contributed by atoms with Crippen molar-refractivity contribution in [3.8, 4) is 0 Å². The molecule has 0 bridgehead atoms. The number of unbranched alkanes of at least 4 members (excludes halogenated alkanes) is 5. The number of rotatable bonds is 10.